The van der Waals surface area contributed by atoms with Gasteiger partial charge in [0.25, 0.3) is 5.91 Å². The van der Waals surface area contributed by atoms with Gasteiger partial charge in [-0.05, 0) is 35.0 Å². The summed E-state index contributed by atoms with van der Waals surface area (Å²) in [4.78, 5) is 13.1. The summed E-state index contributed by atoms with van der Waals surface area (Å²) in [6.45, 7) is -0.0697. The van der Waals surface area contributed by atoms with E-state index in [2.05, 4.69) is 25.9 Å². The van der Waals surface area contributed by atoms with Crippen LogP contribution in [0.25, 0.3) is 11.4 Å². The number of amides is 1. The molecule has 3 rings (SSSR count). The molecule has 1 heterocycles. The predicted octanol–water partition coefficient (Wildman–Crippen LogP) is 1.50. The van der Waals surface area contributed by atoms with Crippen LogP contribution in [-0.4, -0.2) is 39.4 Å². The van der Waals surface area contributed by atoms with Gasteiger partial charge in [-0.1, -0.05) is 30.3 Å². The molecule has 1 aromatic heterocycles. The maximum Gasteiger partial charge on any atom is 0.263 e. The summed E-state index contributed by atoms with van der Waals surface area (Å²) in [5, 5.41) is 15.9. The number of methoxy groups -OCH3 is 1. The van der Waals surface area contributed by atoms with Crippen molar-refractivity contribution in [3.05, 3.63) is 60.2 Å². The molecule has 0 spiro atoms. The lowest BCUT2D eigenvalue weighted by molar-refractivity contribution is -0.122. The molecule has 0 saturated carbocycles. The molecule has 1 N–H and O–H groups in total. The maximum absolute atomic E-state index is 11.9. The van der Waals surface area contributed by atoms with E-state index in [9.17, 15) is 4.79 Å². The van der Waals surface area contributed by atoms with E-state index < -0.39 is 0 Å². The van der Waals surface area contributed by atoms with E-state index in [4.69, 9.17) is 4.74 Å². The molecule has 0 unspecified atom stereocenters. The number of aromatic nitrogens is 4. The molecule has 2 aromatic carbocycles. The van der Waals surface area contributed by atoms with Crippen molar-refractivity contribution in [2.24, 2.45) is 5.10 Å². The Morgan fingerprint density at radius 2 is 1.96 bits per heavy atom. The third-order valence-corrected chi connectivity index (χ3v) is 3.29. The van der Waals surface area contributed by atoms with Gasteiger partial charge in [0, 0.05) is 5.56 Å². The van der Waals surface area contributed by atoms with E-state index in [1.807, 2.05) is 54.6 Å². The Hall–Kier alpha value is -3.55. The zero-order valence-corrected chi connectivity index (χ0v) is 13.5. The van der Waals surface area contributed by atoms with Gasteiger partial charge in [-0.3, -0.25) is 4.79 Å². The molecule has 3 aromatic rings. The third kappa shape index (κ3) is 4.47. The lowest BCUT2D eigenvalue weighted by atomic mass is 10.2. The van der Waals surface area contributed by atoms with Crippen LogP contribution < -0.4 is 10.2 Å². The molecule has 8 heteroatoms. The number of tetrazole rings is 1. The number of nitrogens with zero attached hydrogens (tertiary/aromatic N) is 5. The van der Waals surface area contributed by atoms with Gasteiger partial charge in [0.15, 0.2) is 0 Å². The first kappa shape index (κ1) is 16.3. The number of hydrogen-bond donors (Lipinski definition) is 1. The first-order valence-electron chi connectivity index (χ1n) is 7.54. The van der Waals surface area contributed by atoms with E-state index >= 15 is 0 Å². The number of benzene rings is 2. The summed E-state index contributed by atoms with van der Waals surface area (Å²) >= 11 is 0. The van der Waals surface area contributed by atoms with Crippen LogP contribution >= 0.6 is 0 Å². The lowest BCUT2D eigenvalue weighted by Gasteiger charge is -2.00. The Balaban J connectivity index is 1.54. The highest BCUT2D eigenvalue weighted by Crippen LogP contribution is 2.11. The number of hydrazone groups is 1. The van der Waals surface area contributed by atoms with Crippen LogP contribution in [0.15, 0.2) is 59.7 Å². The molecular formula is C17H16N6O2. The lowest BCUT2D eigenvalue weighted by Crippen LogP contribution is -2.24. The molecule has 126 valence electrons. The van der Waals surface area contributed by atoms with E-state index in [0.29, 0.717) is 5.82 Å². The third-order valence-electron chi connectivity index (χ3n) is 3.29. The second-order valence-electron chi connectivity index (χ2n) is 5.08. The highest BCUT2D eigenvalue weighted by Gasteiger charge is 2.08. The van der Waals surface area contributed by atoms with Crippen molar-refractivity contribution >= 4 is 12.1 Å². The topological polar surface area (TPSA) is 94.3 Å². The molecule has 0 bridgehead atoms. The van der Waals surface area contributed by atoms with Gasteiger partial charge in [-0.2, -0.15) is 9.90 Å². The fraction of sp³-hybridized carbons (Fsp3) is 0.118. The van der Waals surface area contributed by atoms with Crippen molar-refractivity contribution in [2.75, 3.05) is 7.11 Å². The van der Waals surface area contributed by atoms with Crippen molar-refractivity contribution in [3.63, 3.8) is 0 Å². The molecule has 25 heavy (non-hydrogen) atoms. The molecule has 0 fully saturated rings. The number of rotatable bonds is 6. The van der Waals surface area contributed by atoms with Gasteiger partial charge in [0.1, 0.15) is 12.3 Å². The predicted molar refractivity (Wildman–Crippen MR) is 92.0 cm³/mol. The zero-order valence-electron chi connectivity index (χ0n) is 13.5. The van der Waals surface area contributed by atoms with Crippen molar-refractivity contribution < 1.29 is 9.53 Å². The Morgan fingerprint density at radius 1 is 1.20 bits per heavy atom. The molecule has 1 amide bonds. The smallest absolute Gasteiger partial charge is 0.263 e. The first-order valence-corrected chi connectivity index (χ1v) is 7.54. The highest BCUT2D eigenvalue weighted by molar-refractivity contribution is 5.82. The number of hydrogen-bond acceptors (Lipinski definition) is 6. The van der Waals surface area contributed by atoms with Crippen LogP contribution in [0.1, 0.15) is 5.56 Å². The van der Waals surface area contributed by atoms with Gasteiger partial charge in [-0.15, -0.1) is 10.2 Å². The molecule has 0 aliphatic carbocycles. The van der Waals surface area contributed by atoms with Crippen LogP contribution in [0.3, 0.4) is 0 Å². The summed E-state index contributed by atoms with van der Waals surface area (Å²) in [6, 6.07) is 16.7. The Morgan fingerprint density at radius 3 is 2.68 bits per heavy atom. The average molecular weight is 336 g/mol. The average Bonchev–Trinajstić information content (AvgIpc) is 3.11. The first-order chi connectivity index (χ1) is 12.2. The minimum Gasteiger partial charge on any atom is -0.497 e. The maximum atomic E-state index is 11.9. The Bertz CT molecular complexity index is 858. The van der Waals surface area contributed by atoms with Gasteiger partial charge < -0.3 is 4.74 Å². The standard InChI is InChI=1S/C17H16N6O2/c1-25-15-9-7-13(8-10-15)11-18-19-16(24)12-23-21-17(20-22-23)14-5-3-2-4-6-14/h2-11H,12H2,1H3,(H,19,24)/b18-11-. The number of carbonyl (C=O) groups is 1. The van der Waals surface area contributed by atoms with Crippen LogP contribution in [0.2, 0.25) is 0 Å². The number of carbonyl (C=O) groups excluding carboxylic acids is 1. The SMILES string of the molecule is COc1ccc(/C=N\NC(=O)Cn2nnc(-c3ccccc3)n2)cc1. The second-order valence-corrected chi connectivity index (χ2v) is 5.08. The largest absolute Gasteiger partial charge is 0.497 e. The van der Waals surface area contributed by atoms with Crippen LogP contribution in [0, 0.1) is 0 Å². The van der Waals surface area contributed by atoms with Crippen molar-refractivity contribution in [3.8, 4) is 17.1 Å². The van der Waals surface area contributed by atoms with E-state index in [-0.39, 0.29) is 12.5 Å². The van der Waals surface area contributed by atoms with Crippen LogP contribution in [0.4, 0.5) is 0 Å². The molecule has 0 saturated heterocycles. The summed E-state index contributed by atoms with van der Waals surface area (Å²) < 4.78 is 5.08. The van der Waals surface area contributed by atoms with Gasteiger partial charge >= 0.3 is 0 Å². The van der Waals surface area contributed by atoms with Crippen molar-refractivity contribution in [1.82, 2.24) is 25.6 Å². The molecule has 0 aliphatic heterocycles. The zero-order chi connectivity index (χ0) is 17.5. The van der Waals surface area contributed by atoms with Crippen LogP contribution in [0.5, 0.6) is 5.75 Å². The van der Waals surface area contributed by atoms with Gasteiger partial charge in [0.05, 0.1) is 13.3 Å². The summed E-state index contributed by atoms with van der Waals surface area (Å²) in [5.41, 5.74) is 4.11. The molecule has 0 aliphatic rings. The molecular weight excluding hydrogens is 320 g/mol. The monoisotopic (exact) mass is 336 g/mol. The van der Waals surface area contributed by atoms with E-state index in [1.165, 1.54) is 4.80 Å². The van der Waals surface area contributed by atoms with Crippen LogP contribution in [-0.2, 0) is 11.3 Å². The summed E-state index contributed by atoms with van der Waals surface area (Å²) in [5.74, 6) is 0.879. The minimum atomic E-state index is -0.346. The number of ether oxygens (including phenoxy) is 1. The molecule has 0 atom stereocenters. The highest BCUT2D eigenvalue weighted by atomic mass is 16.5. The molecule has 8 nitrogen and oxygen atoms in total. The van der Waals surface area contributed by atoms with Crippen molar-refractivity contribution in [2.45, 2.75) is 6.54 Å². The normalized spacial score (nSPS) is 10.8. The fourth-order valence-electron chi connectivity index (χ4n) is 2.05. The Labute approximate surface area is 144 Å². The van der Waals surface area contributed by atoms with Crippen molar-refractivity contribution in [1.29, 1.82) is 0 Å². The summed E-state index contributed by atoms with van der Waals surface area (Å²) in [7, 11) is 1.60. The van der Waals surface area contributed by atoms with Gasteiger partial charge in [0.2, 0.25) is 5.82 Å². The second kappa shape index (κ2) is 7.82. The number of nitrogens with one attached hydrogen (secondary N) is 1. The molecule has 0 radical (unpaired) electrons. The minimum absolute atomic E-state index is 0.0697. The van der Waals surface area contributed by atoms with E-state index in [0.717, 1.165) is 16.9 Å². The summed E-state index contributed by atoms with van der Waals surface area (Å²) in [6.07, 6.45) is 1.54. The Kier molecular flexibility index (Phi) is 5.10. The van der Waals surface area contributed by atoms with Gasteiger partial charge in [-0.25, -0.2) is 5.43 Å². The quantitative estimate of drug-likeness (QED) is 0.544. The van der Waals surface area contributed by atoms with E-state index in [1.54, 1.807) is 13.3 Å². The fourth-order valence-corrected chi connectivity index (χ4v) is 2.05.